The van der Waals surface area contributed by atoms with Crippen LogP contribution in [-0.2, 0) is 4.74 Å². The van der Waals surface area contributed by atoms with Gasteiger partial charge < -0.3 is 9.84 Å². The van der Waals surface area contributed by atoms with Gasteiger partial charge in [-0.1, -0.05) is 17.7 Å². The third kappa shape index (κ3) is 3.50. The van der Waals surface area contributed by atoms with Gasteiger partial charge in [-0.05, 0) is 68.7 Å². The molecule has 1 N–H and O–H groups in total. The average molecular weight is 283 g/mol. The summed E-state index contributed by atoms with van der Waals surface area (Å²) in [5, 5.41) is 11.2. The third-order valence-corrected chi connectivity index (χ3v) is 4.46. The van der Waals surface area contributed by atoms with Crippen LogP contribution >= 0.6 is 11.6 Å². The molecule has 0 radical (unpaired) electrons. The van der Waals surface area contributed by atoms with Crippen LogP contribution in [0.2, 0.25) is 5.02 Å². The predicted molar refractivity (Wildman–Crippen MR) is 78.6 cm³/mol. The van der Waals surface area contributed by atoms with Gasteiger partial charge in [0.1, 0.15) is 0 Å². The first-order valence-electron chi connectivity index (χ1n) is 7.07. The molecule has 2 rings (SSSR count). The number of aryl methyl sites for hydroxylation is 2. The first-order chi connectivity index (χ1) is 9.01. The summed E-state index contributed by atoms with van der Waals surface area (Å²) in [4.78, 5) is 0. The van der Waals surface area contributed by atoms with Crippen LogP contribution in [-0.4, -0.2) is 17.8 Å². The maximum Gasteiger partial charge on any atom is 0.0795 e. The Morgan fingerprint density at radius 2 is 2.00 bits per heavy atom. The predicted octanol–water partition coefficient (Wildman–Crippen LogP) is 4.20. The highest BCUT2D eigenvalue weighted by molar-refractivity contribution is 6.31. The van der Waals surface area contributed by atoms with Crippen molar-refractivity contribution in [3.8, 4) is 0 Å². The highest BCUT2D eigenvalue weighted by Gasteiger charge is 2.31. The topological polar surface area (TPSA) is 29.5 Å². The van der Waals surface area contributed by atoms with Crippen LogP contribution in [0.25, 0.3) is 0 Å². The fourth-order valence-corrected chi connectivity index (χ4v) is 3.06. The minimum Gasteiger partial charge on any atom is -0.388 e. The number of ether oxygens (including phenoxy) is 1. The van der Waals surface area contributed by atoms with Crippen LogP contribution < -0.4 is 0 Å². The first kappa shape index (κ1) is 14.8. The van der Waals surface area contributed by atoms with Crippen molar-refractivity contribution in [2.24, 2.45) is 5.92 Å². The fourth-order valence-electron chi connectivity index (χ4n) is 2.84. The van der Waals surface area contributed by atoms with E-state index in [0.717, 1.165) is 47.6 Å². The highest BCUT2D eigenvalue weighted by atomic mass is 35.5. The Kier molecular flexibility index (Phi) is 4.88. The van der Waals surface area contributed by atoms with E-state index >= 15 is 0 Å². The lowest BCUT2D eigenvalue weighted by molar-refractivity contribution is -0.0380. The first-order valence-corrected chi connectivity index (χ1v) is 7.45. The van der Waals surface area contributed by atoms with Gasteiger partial charge in [0.15, 0.2) is 0 Å². The van der Waals surface area contributed by atoms with Gasteiger partial charge in [-0.15, -0.1) is 0 Å². The van der Waals surface area contributed by atoms with E-state index in [1.165, 1.54) is 0 Å². The smallest absolute Gasteiger partial charge is 0.0795 e. The molecule has 0 amide bonds. The van der Waals surface area contributed by atoms with Crippen molar-refractivity contribution in [1.29, 1.82) is 0 Å². The molecule has 19 heavy (non-hydrogen) atoms. The van der Waals surface area contributed by atoms with Crippen LogP contribution in [0.3, 0.4) is 0 Å². The number of halogens is 1. The number of aliphatic hydroxyl groups is 1. The van der Waals surface area contributed by atoms with Gasteiger partial charge in [0.25, 0.3) is 0 Å². The van der Waals surface area contributed by atoms with Crippen molar-refractivity contribution < 1.29 is 9.84 Å². The van der Waals surface area contributed by atoms with E-state index < -0.39 is 0 Å². The van der Waals surface area contributed by atoms with E-state index in [1.807, 2.05) is 32.9 Å². The molecule has 0 saturated heterocycles. The zero-order valence-corrected chi connectivity index (χ0v) is 12.7. The van der Waals surface area contributed by atoms with Crippen molar-refractivity contribution in [3.05, 3.63) is 33.8 Å². The molecule has 0 aromatic heterocycles. The van der Waals surface area contributed by atoms with Gasteiger partial charge in [0.2, 0.25) is 0 Å². The summed E-state index contributed by atoms with van der Waals surface area (Å²) in [7, 11) is 0. The quantitative estimate of drug-likeness (QED) is 0.877. The second kappa shape index (κ2) is 6.25. The lowest BCUT2D eigenvalue weighted by Crippen LogP contribution is -2.32. The minimum absolute atomic E-state index is 0.386. The van der Waals surface area contributed by atoms with Gasteiger partial charge in [0, 0.05) is 11.6 Å². The maximum atomic E-state index is 10.4. The summed E-state index contributed by atoms with van der Waals surface area (Å²) in [5.74, 6) is 0.585. The molecule has 1 unspecified atom stereocenters. The minimum atomic E-state index is -0.386. The van der Waals surface area contributed by atoms with Crippen molar-refractivity contribution >= 4 is 11.6 Å². The second-order valence-electron chi connectivity index (χ2n) is 5.62. The Morgan fingerprint density at radius 3 is 2.63 bits per heavy atom. The zero-order valence-electron chi connectivity index (χ0n) is 11.9. The van der Waals surface area contributed by atoms with E-state index in [9.17, 15) is 5.11 Å². The molecular formula is C16H23ClO2. The van der Waals surface area contributed by atoms with Crippen molar-refractivity contribution in [3.63, 3.8) is 0 Å². The van der Waals surface area contributed by atoms with E-state index in [2.05, 4.69) is 0 Å². The Balaban J connectivity index is 1.94. The van der Waals surface area contributed by atoms with Crippen LogP contribution in [0.4, 0.5) is 0 Å². The molecule has 1 atom stereocenters. The summed E-state index contributed by atoms with van der Waals surface area (Å²) in [6, 6.07) is 3.96. The maximum absolute atomic E-state index is 10.4. The molecule has 1 aliphatic carbocycles. The molecule has 1 saturated carbocycles. The molecule has 3 heteroatoms. The van der Waals surface area contributed by atoms with E-state index in [0.29, 0.717) is 12.0 Å². The van der Waals surface area contributed by atoms with Crippen LogP contribution in [0.15, 0.2) is 12.1 Å². The Bertz CT molecular complexity index is 439. The molecule has 1 aromatic carbocycles. The van der Waals surface area contributed by atoms with E-state index in [4.69, 9.17) is 16.3 Å². The molecule has 1 aromatic rings. The Labute approximate surface area is 120 Å². The summed E-state index contributed by atoms with van der Waals surface area (Å²) < 4.78 is 5.55. The number of benzene rings is 1. The summed E-state index contributed by atoms with van der Waals surface area (Å²) >= 11 is 6.09. The second-order valence-corrected chi connectivity index (χ2v) is 6.03. The number of hydrogen-bond acceptors (Lipinski definition) is 2. The molecule has 1 aliphatic rings. The van der Waals surface area contributed by atoms with Gasteiger partial charge in [-0.2, -0.15) is 0 Å². The Morgan fingerprint density at radius 1 is 1.32 bits per heavy atom. The van der Waals surface area contributed by atoms with E-state index in [1.54, 1.807) is 0 Å². The van der Waals surface area contributed by atoms with Crippen molar-refractivity contribution in [2.75, 3.05) is 6.61 Å². The summed E-state index contributed by atoms with van der Waals surface area (Å²) in [5.41, 5.74) is 3.12. The number of aliphatic hydroxyl groups excluding tert-OH is 1. The number of hydrogen-bond donors (Lipinski definition) is 1. The van der Waals surface area contributed by atoms with Crippen LogP contribution in [0.5, 0.6) is 0 Å². The average Bonchev–Trinajstić information content (AvgIpc) is 2.31. The fraction of sp³-hybridized carbons (Fsp3) is 0.625. The van der Waals surface area contributed by atoms with Gasteiger partial charge in [0.05, 0.1) is 12.2 Å². The molecule has 0 aliphatic heterocycles. The molecule has 0 spiro atoms. The molecule has 2 nitrogen and oxygen atoms in total. The highest BCUT2D eigenvalue weighted by Crippen LogP contribution is 2.38. The molecule has 1 fully saturated rings. The van der Waals surface area contributed by atoms with Crippen LogP contribution in [0.1, 0.15) is 49.0 Å². The van der Waals surface area contributed by atoms with Gasteiger partial charge in [-0.3, -0.25) is 0 Å². The third-order valence-electron chi connectivity index (χ3n) is 4.06. The summed E-state index contributed by atoms with van der Waals surface area (Å²) in [6.45, 7) is 6.80. The lowest BCUT2D eigenvalue weighted by Gasteiger charge is -2.36. The SMILES string of the molecule is CCOC1CC(CC(O)c2cc(C)c(Cl)cc2C)C1. The molecule has 0 bridgehead atoms. The number of rotatable bonds is 5. The van der Waals surface area contributed by atoms with Gasteiger partial charge >= 0.3 is 0 Å². The lowest BCUT2D eigenvalue weighted by atomic mass is 9.77. The molecule has 0 heterocycles. The Hall–Kier alpha value is -0.570. The molecule has 106 valence electrons. The van der Waals surface area contributed by atoms with Crippen LogP contribution in [0, 0.1) is 19.8 Å². The molecular weight excluding hydrogens is 260 g/mol. The standard InChI is InChI=1S/C16H23ClO2/c1-4-19-13-7-12(8-13)9-16(18)14-5-11(3)15(17)6-10(14)2/h5-6,12-13,16,18H,4,7-9H2,1-3H3. The zero-order chi connectivity index (χ0) is 14.0. The normalized spacial score (nSPS) is 24.1. The van der Waals surface area contributed by atoms with Crippen molar-refractivity contribution in [1.82, 2.24) is 0 Å². The van der Waals surface area contributed by atoms with Crippen molar-refractivity contribution in [2.45, 2.75) is 52.2 Å². The van der Waals surface area contributed by atoms with E-state index in [-0.39, 0.29) is 6.10 Å². The summed E-state index contributed by atoms with van der Waals surface area (Å²) in [6.07, 6.45) is 3.01. The monoisotopic (exact) mass is 282 g/mol. The van der Waals surface area contributed by atoms with Gasteiger partial charge in [-0.25, -0.2) is 0 Å². The largest absolute Gasteiger partial charge is 0.388 e.